The number of anilines is 1. The molecule has 2 nitrogen and oxygen atoms in total. The SMILES string of the molecule is CCc1csc(NCc2ccccc2)n1. The standard InChI is InChI=1S/C12H14N2S/c1-2-11-9-15-12(14-11)13-8-10-6-4-3-5-7-10/h3-7,9H,2,8H2,1H3,(H,13,14). The van der Waals surface area contributed by atoms with Crippen molar-refractivity contribution in [2.75, 3.05) is 5.32 Å². The molecule has 2 aromatic rings. The van der Waals surface area contributed by atoms with E-state index in [0.717, 1.165) is 23.8 Å². The van der Waals surface area contributed by atoms with E-state index in [1.807, 2.05) is 6.07 Å². The maximum Gasteiger partial charge on any atom is 0.183 e. The minimum absolute atomic E-state index is 0.845. The highest BCUT2D eigenvalue weighted by Gasteiger charge is 1.99. The van der Waals surface area contributed by atoms with Crippen molar-refractivity contribution in [2.45, 2.75) is 19.9 Å². The molecule has 0 fully saturated rings. The first kappa shape index (κ1) is 10.2. The highest BCUT2D eigenvalue weighted by molar-refractivity contribution is 7.13. The third-order valence-electron chi connectivity index (χ3n) is 2.20. The first-order chi connectivity index (χ1) is 7.38. The van der Waals surface area contributed by atoms with E-state index in [0.29, 0.717) is 0 Å². The normalized spacial score (nSPS) is 10.2. The van der Waals surface area contributed by atoms with Crippen LogP contribution in [0.4, 0.5) is 5.13 Å². The molecule has 0 atom stereocenters. The van der Waals surface area contributed by atoms with E-state index >= 15 is 0 Å². The Morgan fingerprint density at radius 2 is 2.07 bits per heavy atom. The van der Waals surface area contributed by atoms with Crippen LogP contribution in [0.1, 0.15) is 18.2 Å². The first-order valence-corrected chi connectivity index (χ1v) is 5.98. The Kier molecular flexibility index (Phi) is 3.35. The van der Waals surface area contributed by atoms with Gasteiger partial charge in [0.25, 0.3) is 0 Å². The number of aromatic nitrogens is 1. The first-order valence-electron chi connectivity index (χ1n) is 5.10. The van der Waals surface area contributed by atoms with Crippen molar-refractivity contribution in [1.29, 1.82) is 0 Å². The summed E-state index contributed by atoms with van der Waals surface area (Å²) in [6.45, 7) is 2.97. The molecule has 1 N–H and O–H groups in total. The molecular formula is C12H14N2S. The summed E-state index contributed by atoms with van der Waals surface area (Å²) in [6, 6.07) is 10.4. The van der Waals surface area contributed by atoms with Gasteiger partial charge in [-0.05, 0) is 12.0 Å². The van der Waals surface area contributed by atoms with E-state index in [1.165, 1.54) is 5.56 Å². The average Bonchev–Trinajstić information content (AvgIpc) is 2.76. The fourth-order valence-electron chi connectivity index (χ4n) is 1.32. The highest BCUT2D eigenvalue weighted by atomic mass is 32.1. The molecule has 1 aromatic heterocycles. The van der Waals surface area contributed by atoms with Crippen molar-refractivity contribution in [2.24, 2.45) is 0 Å². The topological polar surface area (TPSA) is 24.9 Å². The highest BCUT2D eigenvalue weighted by Crippen LogP contribution is 2.16. The van der Waals surface area contributed by atoms with Gasteiger partial charge in [0.2, 0.25) is 0 Å². The Hall–Kier alpha value is -1.35. The predicted octanol–water partition coefficient (Wildman–Crippen LogP) is 3.32. The lowest BCUT2D eigenvalue weighted by atomic mass is 10.2. The molecule has 0 bridgehead atoms. The van der Waals surface area contributed by atoms with E-state index in [4.69, 9.17) is 0 Å². The summed E-state index contributed by atoms with van der Waals surface area (Å²) in [7, 11) is 0. The van der Waals surface area contributed by atoms with Gasteiger partial charge in [0, 0.05) is 11.9 Å². The van der Waals surface area contributed by atoms with E-state index < -0.39 is 0 Å². The molecular weight excluding hydrogens is 204 g/mol. The van der Waals surface area contributed by atoms with E-state index in [9.17, 15) is 0 Å². The predicted molar refractivity (Wildman–Crippen MR) is 65.3 cm³/mol. The smallest absolute Gasteiger partial charge is 0.183 e. The second kappa shape index (κ2) is 4.94. The summed E-state index contributed by atoms with van der Waals surface area (Å²) in [5, 5.41) is 6.44. The molecule has 0 saturated carbocycles. The van der Waals surface area contributed by atoms with E-state index in [2.05, 4.69) is 46.9 Å². The largest absolute Gasteiger partial charge is 0.357 e. The molecule has 1 heterocycles. The monoisotopic (exact) mass is 218 g/mol. The van der Waals surface area contributed by atoms with Gasteiger partial charge in [-0.3, -0.25) is 0 Å². The minimum Gasteiger partial charge on any atom is -0.357 e. The molecule has 0 aliphatic rings. The summed E-state index contributed by atoms with van der Waals surface area (Å²) < 4.78 is 0. The van der Waals surface area contributed by atoms with Crippen molar-refractivity contribution in [3.8, 4) is 0 Å². The van der Waals surface area contributed by atoms with Crippen LogP contribution >= 0.6 is 11.3 Å². The fourth-order valence-corrected chi connectivity index (χ4v) is 2.12. The molecule has 0 radical (unpaired) electrons. The Bertz CT molecular complexity index is 409. The molecule has 3 heteroatoms. The lowest BCUT2D eigenvalue weighted by molar-refractivity contribution is 1.05. The number of hydrogen-bond donors (Lipinski definition) is 1. The van der Waals surface area contributed by atoms with Crippen LogP contribution in [0.25, 0.3) is 0 Å². The molecule has 15 heavy (non-hydrogen) atoms. The second-order valence-electron chi connectivity index (χ2n) is 3.34. The number of benzene rings is 1. The van der Waals surface area contributed by atoms with Gasteiger partial charge in [-0.2, -0.15) is 0 Å². The average molecular weight is 218 g/mol. The van der Waals surface area contributed by atoms with Crippen LogP contribution in [0, 0.1) is 0 Å². The zero-order chi connectivity index (χ0) is 10.5. The van der Waals surface area contributed by atoms with Gasteiger partial charge in [0.05, 0.1) is 5.69 Å². The van der Waals surface area contributed by atoms with Crippen LogP contribution in [0.5, 0.6) is 0 Å². The number of aryl methyl sites for hydroxylation is 1. The van der Waals surface area contributed by atoms with Gasteiger partial charge in [0.15, 0.2) is 5.13 Å². The zero-order valence-electron chi connectivity index (χ0n) is 8.73. The van der Waals surface area contributed by atoms with Gasteiger partial charge >= 0.3 is 0 Å². The maximum atomic E-state index is 4.45. The summed E-state index contributed by atoms with van der Waals surface area (Å²) in [5.74, 6) is 0. The quantitative estimate of drug-likeness (QED) is 0.851. The molecule has 0 spiro atoms. The molecule has 0 amide bonds. The van der Waals surface area contributed by atoms with Crippen LogP contribution in [0.15, 0.2) is 35.7 Å². The van der Waals surface area contributed by atoms with Crippen molar-refractivity contribution >= 4 is 16.5 Å². The van der Waals surface area contributed by atoms with Gasteiger partial charge in [-0.1, -0.05) is 37.3 Å². The Labute approximate surface area is 94.0 Å². The van der Waals surface area contributed by atoms with Gasteiger partial charge in [-0.15, -0.1) is 11.3 Å². The van der Waals surface area contributed by atoms with Gasteiger partial charge < -0.3 is 5.32 Å². The van der Waals surface area contributed by atoms with Crippen molar-refractivity contribution in [3.63, 3.8) is 0 Å². The van der Waals surface area contributed by atoms with Crippen LogP contribution in [-0.2, 0) is 13.0 Å². The summed E-state index contributed by atoms with van der Waals surface area (Å²) in [5.41, 5.74) is 2.45. The number of thiazole rings is 1. The van der Waals surface area contributed by atoms with Gasteiger partial charge in [-0.25, -0.2) is 4.98 Å². The summed E-state index contributed by atoms with van der Waals surface area (Å²) >= 11 is 1.67. The summed E-state index contributed by atoms with van der Waals surface area (Å²) in [6.07, 6.45) is 1.00. The van der Waals surface area contributed by atoms with Gasteiger partial charge in [0.1, 0.15) is 0 Å². The van der Waals surface area contributed by atoms with Crippen LogP contribution in [0.3, 0.4) is 0 Å². The van der Waals surface area contributed by atoms with Crippen LogP contribution in [-0.4, -0.2) is 4.98 Å². The lowest BCUT2D eigenvalue weighted by Gasteiger charge is -2.01. The Balaban J connectivity index is 1.93. The summed E-state index contributed by atoms with van der Waals surface area (Å²) in [4.78, 5) is 4.45. The molecule has 0 aliphatic carbocycles. The molecule has 0 saturated heterocycles. The third kappa shape index (κ3) is 2.80. The van der Waals surface area contributed by atoms with Crippen molar-refractivity contribution in [1.82, 2.24) is 4.98 Å². The maximum absolute atomic E-state index is 4.45. The van der Waals surface area contributed by atoms with E-state index in [1.54, 1.807) is 11.3 Å². The molecule has 78 valence electrons. The fraction of sp³-hybridized carbons (Fsp3) is 0.250. The van der Waals surface area contributed by atoms with Crippen molar-refractivity contribution in [3.05, 3.63) is 47.0 Å². The Morgan fingerprint density at radius 1 is 1.27 bits per heavy atom. The molecule has 0 unspecified atom stereocenters. The lowest BCUT2D eigenvalue weighted by Crippen LogP contribution is -1.98. The Morgan fingerprint density at radius 3 is 2.73 bits per heavy atom. The minimum atomic E-state index is 0.845. The number of hydrogen-bond acceptors (Lipinski definition) is 3. The third-order valence-corrected chi connectivity index (χ3v) is 3.05. The number of rotatable bonds is 4. The number of nitrogens with one attached hydrogen (secondary N) is 1. The second-order valence-corrected chi connectivity index (χ2v) is 4.19. The molecule has 1 aromatic carbocycles. The molecule has 0 aliphatic heterocycles. The van der Waals surface area contributed by atoms with Crippen molar-refractivity contribution < 1.29 is 0 Å². The van der Waals surface area contributed by atoms with E-state index in [-0.39, 0.29) is 0 Å². The van der Waals surface area contributed by atoms with Crippen LogP contribution < -0.4 is 5.32 Å². The number of nitrogens with zero attached hydrogens (tertiary/aromatic N) is 1. The molecule has 2 rings (SSSR count). The zero-order valence-corrected chi connectivity index (χ0v) is 9.55. The van der Waals surface area contributed by atoms with Crippen LogP contribution in [0.2, 0.25) is 0 Å².